The van der Waals surface area contributed by atoms with Crippen LogP contribution >= 0.6 is 0 Å². The van der Waals surface area contributed by atoms with E-state index < -0.39 is 0 Å². The number of nitrogens with zero attached hydrogens (tertiary/aromatic N) is 2. The topological polar surface area (TPSA) is 41.7 Å². The lowest BCUT2D eigenvalue weighted by molar-refractivity contribution is -0.0290. The molecule has 2 saturated heterocycles. The van der Waals surface area contributed by atoms with Gasteiger partial charge in [0.25, 0.3) is 0 Å². The molecule has 0 radical (unpaired) electrons. The highest BCUT2D eigenvalue weighted by molar-refractivity contribution is 4.89. The third kappa shape index (κ3) is 3.44. The predicted octanol–water partition coefficient (Wildman–Crippen LogP) is 0.768. The van der Waals surface area contributed by atoms with Crippen LogP contribution in [0, 0.1) is 5.41 Å². The van der Waals surface area contributed by atoms with Crippen molar-refractivity contribution < 1.29 is 4.74 Å². The lowest BCUT2D eigenvalue weighted by Crippen LogP contribution is -2.52. The van der Waals surface area contributed by atoms with E-state index in [2.05, 4.69) is 23.9 Å². The largest absolute Gasteiger partial charge is 0.381 e. The summed E-state index contributed by atoms with van der Waals surface area (Å²) in [6.45, 7) is 6.07. The van der Waals surface area contributed by atoms with Gasteiger partial charge in [0.1, 0.15) is 0 Å². The minimum Gasteiger partial charge on any atom is -0.381 e. The first-order chi connectivity index (χ1) is 8.65. The number of likely N-dealkylation sites (N-methyl/N-ethyl adjacent to an activating group) is 1. The summed E-state index contributed by atoms with van der Waals surface area (Å²) in [7, 11) is 4.38. The molecular weight excluding hydrogens is 226 g/mol. The van der Waals surface area contributed by atoms with Gasteiger partial charge in [-0.1, -0.05) is 0 Å². The first kappa shape index (κ1) is 14.3. The molecule has 2 fully saturated rings. The van der Waals surface area contributed by atoms with Crippen molar-refractivity contribution in [2.75, 3.05) is 53.5 Å². The third-order valence-corrected chi connectivity index (χ3v) is 4.61. The van der Waals surface area contributed by atoms with E-state index >= 15 is 0 Å². The fraction of sp³-hybridized carbons (Fsp3) is 1.00. The van der Waals surface area contributed by atoms with Crippen molar-refractivity contribution in [3.63, 3.8) is 0 Å². The van der Waals surface area contributed by atoms with Crippen LogP contribution in [0.5, 0.6) is 0 Å². The average Bonchev–Trinajstić information content (AvgIpc) is 2.40. The van der Waals surface area contributed by atoms with Crippen LogP contribution in [0.3, 0.4) is 0 Å². The number of piperidine rings is 1. The second-order valence-electron chi connectivity index (χ2n) is 6.36. The quantitative estimate of drug-likeness (QED) is 0.805. The Bertz CT molecular complexity index is 251. The molecule has 2 N–H and O–H groups in total. The van der Waals surface area contributed by atoms with Crippen LogP contribution in [-0.2, 0) is 4.74 Å². The van der Waals surface area contributed by atoms with E-state index in [0.29, 0.717) is 6.04 Å². The molecule has 2 aliphatic rings. The Hall–Kier alpha value is -0.160. The number of ether oxygens (including phenoxy) is 1. The monoisotopic (exact) mass is 255 g/mol. The van der Waals surface area contributed by atoms with E-state index in [0.717, 1.165) is 26.3 Å². The van der Waals surface area contributed by atoms with Crippen molar-refractivity contribution in [2.24, 2.45) is 11.1 Å². The van der Waals surface area contributed by atoms with Gasteiger partial charge in [-0.2, -0.15) is 0 Å². The molecular formula is C14H29N3O. The van der Waals surface area contributed by atoms with Crippen LogP contribution in [0.25, 0.3) is 0 Å². The van der Waals surface area contributed by atoms with Crippen molar-refractivity contribution in [1.82, 2.24) is 9.80 Å². The highest BCUT2D eigenvalue weighted by atomic mass is 16.5. The maximum Gasteiger partial charge on any atom is 0.0546 e. The number of nitrogens with two attached hydrogens (primary N) is 1. The fourth-order valence-electron chi connectivity index (χ4n) is 3.33. The highest BCUT2D eigenvalue weighted by Crippen LogP contribution is 2.29. The van der Waals surface area contributed by atoms with E-state index in [-0.39, 0.29) is 5.41 Å². The molecule has 0 spiro atoms. The van der Waals surface area contributed by atoms with E-state index in [1.54, 1.807) is 0 Å². The van der Waals surface area contributed by atoms with Crippen molar-refractivity contribution in [1.29, 1.82) is 0 Å². The maximum absolute atomic E-state index is 6.03. The predicted molar refractivity (Wildman–Crippen MR) is 74.7 cm³/mol. The summed E-state index contributed by atoms with van der Waals surface area (Å²) in [5.41, 5.74) is 6.25. The zero-order chi connectivity index (χ0) is 13.0. The SMILES string of the molecule is CN(C)C1CCCN(CC2(CN)CCCOC2)C1. The average molecular weight is 255 g/mol. The van der Waals surface area contributed by atoms with Crippen molar-refractivity contribution in [3.05, 3.63) is 0 Å². The Kier molecular flexibility index (Phi) is 5.01. The van der Waals surface area contributed by atoms with Gasteiger partial charge in [-0.15, -0.1) is 0 Å². The van der Waals surface area contributed by atoms with E-state index in [1.807, 2.05) is 0 Å². The van der Waals surface area contributed by atoms with Crippen LogP contribution in [0.15, 0.2) is 0 Å². The first-order valence-electron chi connectivity index (χ1n) is 7.32. The second kappa shape index (κ2) is 6.33. The van der Waals surface area contributed by atoms with Gasteiger partial charge in [-0.05, 0) is 46.3 Å². The summed E-state index contributed by atoms with van der Waals surface area (Å²) in [6.07, 6.45) is 5.04. The van der Waals surface area contributed by atoms with Crippen LogP contribution in [-0.4, -0.2) is 69.3 Å². The van der Waals surface area contributed by atoms with Crippen LogP contribution in [0.2, 0.25) is 0 Å². The van der Waals surface area contributed by atoms with Gasteiger partial charge in [-0.3, -0.25) is 0 Å². The Morgan fingerprint density at radius 1 is 1.39 bits per heavy atom. The summed E-state index contributed by atoms with van der Waals surface area (Å²) in [4.78, 5) is 4.97. The molecule has 2 atom stereocenters. The van der Waals surface area contributed by atoms with Gasteiger partial charge >= 0.3 is 0 Å². The Balaban J connectivity index is 1.90. The number of likely N-dealkylation sites (tertiary alicyclic amines) is 1. The zero-order valence-electron chi connectivity index (χ0n) is 12.0. The standard InChI is InChI=1S/C14H29N3O/c1-16(2)13-5-3-7-17(9-13)11-14(10-15)6-4-8-18-12-14/h13H,3-12,15H2,1-2H3. The summed E-state index contributed by atoms with van der Waals surface area (Å²) < 4.78 is 5.68. The van der Waals surface area contributed by atoms with Gasteiger partial charge in [0.15, 0.2) is 0 Å². The molecule has 4 nitrogen and oxygen atoms in total. The molecule has 0 aromatic carbocycles. The molecule has 106 valence electrons. The Morgan fingerprint density at radius 2 is 2.22 bits per heavy atom. The summed E-state index contributed by atoms with van der Waals surface area (Å²) >= 11 is 0. The summed E-state index contributed by atoms with van der Waals surface area (Å²) in [5.74, 6) is 0. The van der Waals surface area contributed by atoms with Gasteiger partial charge in [0.2, 0.25) is 0 Å². The van der Waals surface area contributed by atoms with Crippen LogP contribution < -0.4 is 5.73 Å². The molecule has 2 rings (SSSR count). The molecule has 2 aliphatic heterocycles. The zero-order valence-corrected chi connectivity index (χ0v) is 12.0. The molecule has 0 aliphatic carbocycles. The number of rotatable bonds is 4. The molecule has 0 aromatic rings. The van der Waals surface area contributed by atoms with Crippen molar-refractivity contribution in [3.8, 4) is 0 Å². The smallest absolute Gasteiger partial charge is 0.0546 e. The molecule has 2 heterocycles. The Morgan fingerprint density at radius 3 is 2.83 bits per heavy atom. The maximum atomic E-state index is 6.03. The van der Waals surface area contributed by atoms with E-state index in [1.165, 1.54) is 38.8 Å². The normalized spacial score (nSPS) is 35.0. The van der Waals surface area contributed by atoms with Gasteiger partial charge < -0.3 is 20.3 Å². The fourth-order valence-corrected chi connectivity index (χ4v) is 3.33. The Labute approximate surface area is 111 Å². The highest BCUT2D eigenvalue weighted by Gasteiger charge is 2.35. The molecule has 0 aromatic heterocycles. The van der Waals surface area contributed by atoms with Crippen LogP contribution in [0.1, 0.15) is 25.7 Å². The molecule has 0 bridgehead atoms. The lowest BCUT2D eigenvalue weighted by Gasteiger charge is -2.43. The number of hydrogen-bond donors (Lipinski definition) is 1. The summed E-state index contributed by atoms with van der Waals surface area (Å²) in [6, 6.07) is 0.707. The molecule has 18 heavy (non-hydrogen) atoms. The molecule has 2 unspecified atom stereocenters. The first-order valence-corrected chi connectivity index (χ1v) is 7.32. The minimum atomic E-state index is 0.215. The molecule has 0 saturated carbocycles. The van der Waals surface area contributed by atoms with E-state index in [9.17, 15) is 0 Å². The summed E-state index contributed by atoms with van der Waals surface area (Å²) in [5, 5.41) is 0. The van der Waals surface area contributed by atoms with Crippen molar-refractivity contribution >= 4 is 0 Å². The molecule has 4 heteroatoms. The van der Waals surface area contributed by atoms with E-state index in [4.69, 9.17) is 10.5 Å². The van der Waals surface area contributed by atoms with Crippen LogP contribution in [0.4, 0.5) is 0 Å². The third-order valence-electron chi connectivity index (χ3n) is 4.61. The van der Waals surface area contributed by atoms with Gasteiger partial charge in [-0.25, -0.2) is 0 Å². The lowest BCUT2D eigenvalue weighted by atomic mass is 9.81. The number of hydrogen-bond acceptors (Lipinski definition) is 4. The molecule has 0 amide bonds. The van der Waals surface area contributed by atoms with Gasteiger partial charge in [0.05, 0.1) is 6.61 Å². The van der Waals surface area contributed by atoms with Gasteiger partial charge in [0, 0.05) is 37.7 Å². The second-order valence-corrected chi connectivity index (χ2v) is 6.36. The van der Waals surface area contributed by atoms with Crippen molar-refractivity contribution in [2.45, 2.75) is 31.7 Å². The minimum absolute atomic E-state index is 0.215.